The van der Waals surface area contributed by atoms with Crippen molar-refractivity contribution in [2.24, 2.45) is 0 Å². The van der Waals surface area contributed by atoms with Crippen molar-refractivity contribution >= 4 is 29.2 Å². The SMILES string of the molecule is Cc1cccc(C(=O)Nc2cccc(C(=O)Nc3ccc(C(=O)O)cc3)c2)c1. The lowest BCUT2D eigenvalue weighted by Crippen LogP contribution is -2.14. The van der Waals surface area contributed by atoms with Gasteiger partial charge in [-0.3, -0.25) is 9.59 Å². The molecule has 3 rings (SSSR count). The maximum atomic E-state index is 12.4. The lowest BCUT2D eigenvalue weighted by Gasteiger charge is -2.09. The number of aryl methyl sites for hydroxylation is 1. The van der Waals surface area contributed by atoms with Crippen LogP contribution in [-0.2, 0) is 0 Å². The molecule has 0 aliphatic heterocycles. The number of carboxylic acids is 1. The van der Waals surface area contributed by atoms with E-state index in [4.69, 9.17) is 5.11 Å². The summed E-state index contributed by atoms with van der Waals surface area (Å²) in [6.45, 7) is 1.91. The zero-order valence-corrected chi connectivity index (χ0v) is 15.1. The van der Waals surface area contributed by atoms with E-state index in [0.717, 1.165) is 5.56 Å². The summed E-state index contributed by atoms with van der Waals surface area (Å²) in [5.74, 6) is -1.66. The second kappa shape index (κ2) is 8.18. The average Bonchev–Trinajstić information content (AvgIpc) is 2.68. The van der Waals surface area contributed by atoms with E-state index in [-0.39, 0.29) is 17.4 Å². The van der Waals surface area contributed by atoms with Crippen molar-refractivity contribution in [1.82, 2.24) is 0 Å². The molecule has 3 aromatic carbocycles. The summed E-state index contributed by atoms with van der Waals surface area (Å²) in [5.41, 5.74) is 3.00. The van der Waals surface area contributed by atoms with Gasteiger partial charge >= 0.3 is 5.97 Å². The first kappa shape index (κ1) is 18.8. The van der Waals surface area contributed by atoms with Crippen LogP contribution in [0.4, 0.5) is 11.4 Å². The number of carbonyl (C=O) groups excluding carboxylic acids is 2. The molecule has 0 fully saturated rings. The predicted molar refractivity (Wildman–Crippen MR) is 107 cm³/mol. The normalized spacial score (nSPS) is 10.2. The molecule has 28 heavy (non-hydrogen) atoms. The molecule has 0 radical (unpaired) electrons. The van der Waals surface area contributed by atoms with Crippen molar-refractivity contribution in [3.63, 3.8) is 0 Å². The van der Waals surface area contributed by atoms with Gasteiger partial charge in [-0.05, 0) is 61.5 Å². The molecule has 0 unspecified atom stereocenters. The molecule has 6 nitrogen and oxygen atoms in total. The first-order chi connectivity index (χ1) is 13.4. The maximum Gasteiger partial charge on any atom is 0.335 e. The first-order valence-electron chi connectivity index (χ1n) is 8.55. The lowest BCUT2D eigenvalue weighted by atomic mass is 10.1. The standard InChI is InChI=1S/C22H18N2O4/c1-14-4-2-5-16(12-14)20(25)24-19-7-3-6-17(13-19)21(26)23-18-10-8-15(9-11-18)22(27)28/h2-13H,1H3,(H,23,26)(H,24,25)(H,27,28). The number of carbonyl (C=O) groups is 3. The first-order valence-corrected chi connectivity index (χ1v) is 8.55. The van der Waals surface area contributed by atoms with E-state index in [0.29, 0.717) is 22.5 Å². The van der Waals surface area contributed by atoms with Crippen molar-refractivity contribution in [3.05, 3.63) is 95.1 Å². The Morgan fingerprint density at radius 1 is 0.679 bits per heavy atom. The molecule has 0 aliphatic rings. The smallest absolute Gasteiger partial charge is 0.335 e. The van der Waals surface area contributed by atoms with Gasteiger partial charge in [-0.25, -0.2) is 4.79 Å². The van der Waals surface area contributed by atoms with Crippen molar-refractivity contribution < 1.29 is 19.5 Å². The number of nitrogens with one attached hydrogen (secondary N) is 2. The van der Waals surface area contributed by atoms with E-state index in [1.807, 2.05) is 19.1 Å². The fourth-order valence-electron chi connectivity index (χ4n) is 2.63. The van der Waals surface area contributed by atoms with Gasteiger partial charge in [0.25, 0.3) is 11.8 Å². The lowest BCUT2D eigenvalue weighted by molar-refractivity contribution is 0.0696. The van der Waals surface area contributed by atoms with E-state index >= 15 is 0 Å². The third-order valence-electron chi connectivity index (χ3n) is 4.05. The summed E-state index contributed by atoms with van der Waals surface area (Å²) in [6.07, 6.45) is 0. The van der Waals surface area contributed by atoms with Gasteiger partial charge in [0.2, 0.25) is 0 Å². The third kappa shape index (κ3) is 4.62. The van der Waals surface area contributed by atoms with Crippen LogP contribution in [0, 0.1) is 6.92 Å². The van der Waals surface area contributed by atoms with Gasteiger partial charge in [0.15, 0.2) is 0 Å². The molecular formula is C22H18N2O4. The molecule has 0 atom stereocenters. The molecule has 3 aromatic rings. The van der Waals surface area contributed by atoms with Gasteiger partial charge in [0.05, 0.1) is 5.56 Å². The fraction of sp³-hybridized carbons (Fsp3) is 0.0455. The van der Waals surface area contributed by atoms with Crippen molar-refractivity contribution in [3.8, 4) is 0 Å². The maximum absolute atomic E-state index is 12.4. The highest BCUT2D eigenvalue weighted by Gasteiger charge is 2.10. The van der Waals surface area contributed by atoms with Gasteiger partial charge in [-0.2, -0.15) is 0 Å². The molecule has 0 heterocycles. The molecule has 2 amide bonds. The summed E-state index contributed by atoms with van der Waals surface area (Å²) in [6, 6.07) is 19.7. The Labute approximate surface area is 161 Å². The minimum Gasteiger partial charge on any atom is -0.478 e. The van der Waals surface area contributed by atoms with Crippen LogP contribution >= 0.6 is 0 Å². The van der Waals surface area contributed by atoms with Crippen LogP contribution in [-0.4, -0.2) is 22.9 Å². The Kier molecular flexibility index (Phi) is 5.50. The van der Waals surface area contributed by atoms with Crippen LogP contribution in [0.25, 0.3) is 0 Å². The van der Waals surface area contributed by atoms with Gasteiger partial charge in [0, 0.05) is 22.5 Å². The summed E-state index contributed by atoms with van der Waals surface area (Å²) in [4.78, 5) is 35.7. The van der Waals surface area contributed by atoms with Gasteiger partial charge in [-0.15, -0.1) is 0 Å². The van der Waals surface area contributed by atoms with Crippen LogP contribution in [0.1, 0.15) is 36.6 Å². The van der Waals surface area contributed by atoms with Crippen molar-refractivity contribution in [2.45, 2.75) is 6.92 Å². The zero-order chi connectivity index (χ0) is 20.1. The highest BCUT2D eigenvalue weighted by atomic mass is 16.4. The zero-order valence-electron chi connectivity index (χ0n) is 15.1. The largest absolute Gasteiger partial charge is 0.478 e. The van der Waals surface area contributed by atoms with Gasteiger partial charge < -0.3 is 15.7 Å². The number of carboxylic acid groups (broad SMARTS) is 1. The Balaban J connectivity index is 1.70. The van der Waals surface area contributed by atoms with E-state index in [1.54, 1.807) is 36.4 Å². The minimum absolute atomic E-state index is 0.138. The van der Waals surface area contributed by atoms with Crippen molar-refractivity contribution in [1.29, 1.82) is 0 Å². The number of anilines is 2. The highest BCUT2D eigenvalue weighted by Crippen LogP contribution is 2.16. The topological polar surface area (TPSA) is 95.5 Å². The molecule has 0 saturated heterocycles. The predicted octanol–water partition coefficient (Wildman–Crippen LogP) is 4.20. The molecule has 0 saturated carbocycles. The molecule has 0 aromatic heterocycles. The Morgan fingerprint density at radius 3 is 1.86 bits per heavy atom. The number of hydrogen-bond donors (Lipinski definition) is 3. The summed E-state index contributed by atoms with van der Waals surface area (Å²) in [7, 11) is 0. The van der Waals surface area contributed by atoms with Crippen LogP contribution in [0.5, 0.6) is 0 Å². The monoisotopic (exact) mass is 374 g/mol. The van der Waals surface area contributed by atoms with E-state index < -0.39 is 5.97 Å². The number of aromatic carboxylic acids is 1. The molecule has 3 N–H and O–H groups in total. The quantitative estimate of drug-likeness (QED) is 0.624. The Morgan fingerprint density at radius 2 is 1.25 bits per heavy atom. The average molecular weight is 374 g/mol. The number of hydrogen-bond acceptors (Lipinski definition) is 3. The second-order valence-electron chi connectivity index (χ2n) is 6.24. The molecule has 0 bridgehead atoms. The van der Waals surface area contributed by atoms with Crippen molar-refractivity contribution in [2.75, 3.05) is 10.6 Å². The molecular weight excluding hydrogens is 356 g/mol. The highest BCUT2D eigenvalue weighted by molar-refractivity contribution is 6.07. The van der Waals surface area contributed by atoms with E-state index in [9.17, 15) is 14.4 Å². The minimum atomic E-state index is -1.03. The van der Waals surface area contributed by atoms with E-state index in [1.165, 1.54) is 24.3 Å². The third-order valence-corrected chi connectivity index (χ3v) is 4.05. The Hall–Kier alpha value is -3.93. The van der Waals surface area contributed by atoms with Crippen LogP contribution in [0.3, 0.4) is 0 Å². The number of benzene rings is 3. The summed E-state index contributed by atoms with van der Waals surface area (Å²) in [5, 5.41) is 14.4. The van der Waals surface area contributed by atoms with Gasteiger partial charge in [-0.1, -0.05) is 23.8 Å². The number of rotatable bonds is 5. The molecule has 6 heteroatoms. The molecule has 140 valence electrons. The fourth-order valence-corrected chi connectivity index (χ4v) is 2.63. The summed E-state index contributed by atoms with van der Waals surface area (Å²) < 4.78 is 0. The van der Waals surface area contributed by atoms with Crippen LogP contribution in [0.15, 0.2) is 72.8 Å². The number of amides is 2. The van der Waals surface area contributed by atoms with Gasteiger partial charge in [0.1, 0.15) is 0 Å². The summed E-state index contributed by atoms with van der Waals surface area (Å²) >= 11 is 0. The molecule has 0 aliphatic carbocycles. The van der Waals surface area contributed by atoms with Crippen LogP contribution < -0.4 is 10.6 Å². The molecule has 0 spiro atoms. The van der Waals surface area contributed by atoms with Crippen LogP contribution in [0.2, 0.25) is 0 Å². The Bertz CT molecular complexity index is 1040. The van der Waals surface area contributed by atoms with E-state index in [2.05, 4.69) is 10.6 Å². The second-order valence-corrected chi connectivity index (χ2v) is 6.24.